The Labute approximate surface area is 196 Å². The van der Waals surface area contributed by atoms with Gasteiger partial charge in [0.15, 0.2) is 0 Å². The van der Waals surface area contributed by atoms with Crippen LogP contribution in [-0.4, -0.2) is 50.7 Å². The van der Waals surface area contributed by atoms with E-state index in [1.54, 1.807) is 15.9 Å². The van der Waals surface area contributed by atoms with Crippen LogP contribution in [0.25, 0.3) is 5.69 Å². The van der Waals surface area contributed by atoms with Crippen molar-refractivity contribution in [3.63, 3.8) is 0 Å². The average molecular weight is 447 g/mol. The maximum atomic E-state index is 12.7. The van der Waals surface area contributed by atoms with Gasteiger partial charge >= 0.3 is 6.03 Å². The van der Waals surface area contributed by atoms with Crippen LogP contribution in [0.3, 0.4) is 0 Å². The summed E-state index contributed by atoms with van der Waals surface area (Å²) in [6, 6.07) is 16.5. The molecule has 1 saturated heterocycles. The van der Waals surface area contributed by atoms with Crippen LogP contribution < -0.4 is 5.32 Å². The van der Waals surface area contributed by atoms with Gasteiger partial charge in [-0.3, -0.25) is 4.90 Å². The first-order valence-electron chi connectivity index (χ1n) is 11.8. The van der Waals surface area contributed by atoms with Gasteiger partial charge in [-0.2, -0.15) is 5.10 Å². The van der Waals surface area contributed by atoms with Crippen molar-refractivity contribution in [1.29, 1.82) is 0 Å². The molecule has 1 N–H and O–H groups in total. The molecule has 2 heterocycles. The lowest BCUT2D eigenvalue weighted by Gasteiger charge is -2.30. The summed E-state index contributed by atoms with van der Waals surface area (Å²) in [7, 11) is 1.83. The summed E-state index contributed by atoms with van der Waals surface area (Å²) in [5.41, 5.74) is 4.44. The van der Waals surface area contributed by atoms with Gasteiger partial charge in [0.2, 0.25) is 0 Å². The van der Waals surface area contributed by atoms with Crippen LogP contribution in [0.4, 0.5) is 4.79 Å². The third-order valence-electron chi connectivity index (χ3n) is 6.71. The third kappa shape index (κ3) is 5.99. The maximum Gasteiger partial charge on any atom is 0.317 e. The summed E-state index contributed by atoms with van der Waals surface area (Å²) in [5, 5.41) is 7.19. The second-order valence-corrected chi connectivity index (χ2v) is 9.15. The van der Waals surface area contributed by atoms with Crippen molar-refractivity contribution in [2.45, 2.75) is 45.8 Å². The zero-order valence-electron chi connectivity index (χ0n) is 19.8. The van der Waals surface area contributed by atoms with Crippen molar-refractivity contribution in [2.75, 3.05) is 20.1 Å². The molecule has 3 aromatic rings. The highest BCUT2D eigenvalue weighted by Gasteiger charge is 2.18. The molecule has 174 valence electrons. The molecular weight excluding hydrogens is 412 g/mol. The van der Waals surface area contributed by atoms with Gasteiger partial charge in [-0.15, -0.1) is 0 Å². The molecule has 0 radical (unpaired) electrons. The molecule has 1 atom stereocenters. The van der Waals surface area contributed by atoms with E-state index in [2.05, 4.69) is 51.5 Å². The Hall–Kier alpha value is -3.19. The number of rotatable bonds is 7. The van der Waals surface area contributed by atoms with Crippen LogP contribution in [-0.2, 0) is 13.1 Å². The molecular formula is C26H34N6O. The zero-order chi connectivity index (χ0) is 23.2. The Kier molecular flexibility index (Phi) is 7.40. The highest BCUT2D eigenvalue weighted by Crippen LogP contribution is 2.21. The first-order valence-corrected chi connectivity index (χ1v) is 11.8. The predicted octanol–water partition coefficient (Wildman–Crippen LogP) is 4.40. The minimum absolute atomic E-state index is 0.0515. The number of piperidine rings is 1. The van der Waals surface area contributed by atoms with Gasteiger partial charge in [-0.05, 0) is 67.6 Å². The largest absolute Gasteiger partial charge is 0.334 e. The first-order chi connectivity index (χ1) is 16.0. The van der Waals surface area contributed by atoms with Gasteiger partial charge in [-0.25, -0.2) is 14.5 Å². The van der Waals surface area contributed by atoms with E-state index < -0.39 is 0 Å². The van der Waals surface area contributed by atoms with Crippen molar-refractivity contribution >= 4 is 6.03 Å². The number of urea groups is 1. The quantitative estimate of drug-likeness (QED) is 0.584. The van der Waals surface area contributed by atoms with Gasteiger partial charge < -0.3 is 10.2 Å². The minimum Gasteiger partial charge on any atom is -0.334 e. The molecule has 1 aromatic heterocycles. The van der Waals surface area contributed by atoms with Crippen LogP contribution in [0, 0.1) is 5.92 Å². The van der Waals surface area contributed by atoms with Crippen molar-refractivity contribution in [1.82, 2.24) is 29.9 Å². The number of carbonyl (C=O) groups is 1. The fraction of sp³-hybridized carbons (Fsp3) is 0.423. The number of carbonyl (C=O) groups excluding carboxylic acids is 1. The van der Waals surface area contributed by atoms with E-state index in [9.17, 15) is 4.79 Å². The average Bonchev–Trinajstić information content (AvgIpc) is 3.39. The Morgan fingerprint density at radius 1 is 1.09 bits per heavy atom. The lowest BCUT2D eigenvalue weighted by Crippen LogP contribution is -2.38. The molecule has 0 unspecified atom stereocenters. The molecule has 7 heteroatoms. The Bertz CT molecular complexity index is 1010. The molecule has 2 aromatic carbocycles. The van der Waals surface area contributed by atoms with Crippen molar-refractivity contribution in [3.05, 3.63) is 77.9 Å². The summed E-state index contributed by atoms with van der Waals surface area (Å²) < 4.78 is 1.71. The molecule has 0 saturated carbocycles. The summed E-state index contributed by atoms with van der Waals surface area (Å²) in [6.07, 6.45) is 5.76. The molecule has 1 fully saturated rings. The summed E-state index contributed by atoms with van der Waals surface area (Å²) in [6.45, 7) is 8.27. The van der Waals surface area contributed by atoms with Crippen molar-refractivity contribution in [3.8, 4) is 5.69 Å². The van der Waals surface area contributed by atoms with E-state index >= 15 is 0 Å². The molecule has 1 aliphatic heterocycles. The normalized spacial score (nSPS) is 15.8. The number of benzene rings is 2. The molecule has 2 amide bonds. The summed E-state index contributed by atoms with van der Waals surface area (Å²) >= 11 is 0. The topological polar surface area (TPSA) is 66.3 Å². The maximum absolute atomic E-state index is 12.7. The summed E-state index contributed by atoms with van der Waals surface area (Å²) in [4.78, 5) is 21.0. The van der Waals surface area contributed by atoms with Crippen LogP contribution >= 0.6 is 0 Å². The Morgan fingerprint density at radius 3 is 2.39 bits per heavy atom. The minimum atomic E-state index is -0.0886. The van der Waals surface area contributed by atoms with E-state index in [1.165, 1.54) is 37.8 Å². The highest BCUT2D eigenvalue weighted by molar-refractivity contribution is 5.74. The number of nitrogens with one attached hydrogen (secondary N) is 1. The van der Waals surface area contributed by atoms with E-state index in [-0.39, 0.29) is 12.1 Å². The third-order valence-corrected chi connectivity index (χ3v) is 6.71. The van der Waals surface area contributed by atoms with E-state index in [4.69, 9.17) is 0 Å². The van der Waals surface area contributed by atoms with Gasteiger partial charge in [0.25, 0.3) is 0 Å². The number of amides is 2. The van der Waals surface area contributed by atoms with E-state index in [1.807, 2.05) is 38.2 Å². The van der Waals surface area contributed by atoms with Gasteiger partial charge in [-0.1, -0.05) is 43.3 Å². The van der Waals surface area contributed by atoms with Crippen molar-refractivity contribution < 1.29 is 4.79 Å². The monoisotopic (exact) mass is 446 g/mol. The lowest BCUT2D eigenvalue weighted by molar-refractivity contribution is 0.185. The Balaban J connectivity index is 1.26. The zero-order valence-corrected chi connectivity index (χ0v) is 19.8. The smallest absolute Gasteiger partial charge is 0.317 e. The molecule has 7 nitrogen and oxygen atoms in total. The van der Waals surface area contributed by atoms with Crippen molar-refractivity contribution in [2.24, 2.45) is 5.92 Å². The van der Waals surface area contributed by atoms with Gasteiger partial charge in [0, 0.05) is 20.1 Å². The molecule has 1 aliphatic rings. The van der Waals surface area contributed by atoms with Crippen LogP contribution in [0.2, 0.25) is 0 Å². The number of aromatic nitrogens is 3. The standard InChI is InChI=1S/C26H34N6O/c1-20-12-14-31(15-13-20)17-23-6-4-22(5-7-23)16-28-26(33)30(3)21(2)24-8-10-25(11-9-24)32-19-27-18-29-32/h4-11,18-21H,12-17H2,1-3H3,(H,28,33)/t21-/m1/s1. The Morgan fingerprint density at radius 2 is 1.76 bits per heavy atom. The van der Waals surface area contributed by atoms with Crippen LogP contribution in [0.15, 0.2) is 61.2 Å². The number of likely N-dealkylation sites (tertiary alicyclic amines) is 1. The van der Waals surface area contributed by atoms with E-state index in [0.717, 1.165) is 29.3 Å². The molecule has 33 heavy (non-hydrogen) atoms. The van der Waals surface area contributed by atoms with E-state index in [0.29, 0.717) is 6.54 Å². The SMILES string of the molecule is CC1CCN(Cc2ccc(CNC(=O)N(C)[C@H](C)c3ccc(-n4cncn4)cc3)cc2)CC1. The predicted molar refractivity (Wildman–Crippen MR) is 130 cm³/mol. The van der Waals surface area contributed by atoms with Crippen LogP contribution in [0.5, 0.6) is 0 Å². The summed E-state index contributed by atoms with van der Waals surface area (Å²) in [5.74, 6) is 0.854. The second-order valence-electron chi connectivity index (χ2n) is 9.15. The number of nitrogens with zero attached hydrogens (tertiary/aromatic N) is 5. The fourth-order valence-electron chi connectivity index (χ4n) is 4.19. The lowest BCUT2D eigenvalue weighted by atomic mass is 9.99. The molecule has 0 spiro atoms. The second kappa shape index (κ2) is 10.6. The number of hydrogen-bond donors (Lipinski definition) is 1. The molecule has 0 aliphatic carbocycles. The highest BCUT2D eigenvalue weighted by atomic mass is 16.2. The van der Waals surface area contributed by atoms with Crippen LogP contribution in [0.1, 0.15) is 49.4 Å². The first kappa shape index (κ1) is 23.0. The van der Waals surface area contributed by atoms with Gasteiger partial charge in [0.05, 0.1) is 11.7 Å². The fourth-order valence-corrected chi connectivity index (χ4v) is 4.19. The van der Waals surface area contributed by atoms with Gasteiger partial charge in [0.1, 0.15) is 12.7 Å². The molecule has 4 rings (SSSR count). The number of hydrogen-bond acceptors (Lipinski definition) is 4. The molecule has 0 bridgehead atoms.